The van der Waals surface area contributed by atoms with Gasteiger partial charge in [0.15, 0.2) is 0 Å². The van der Waals surface area contributed by atoms with E-state index in [9.17, 15) is 0 Å². The zero-order valence-corrected chi connectivity index (χ0v) is 7.63. The highest BCUT2D eigenvalue weighted by atomic mass is 13.9. The predicted molar refractivity (Wildman–Crippen MR) is 53.8 cm³/mol. The van der Waals surface area contributed by atoms with E-state index in [2.05, 4.69) is 30.4 Å². The average Bonchev–Trinajstić information content (AvgIpc) is 2.05. The summed E-state index contributed by atoms with van der Waals surface area (Å²) in [5.41, 5.74) is 0. The van der Waals surface area contributed by atoms with Gasteiger partial charge in [-0.1, -0.05) is 30.4 Å². The third-order valence-electron chi connectivity index (χ3n) is 1.96. The first-order valence-electron chi connectivity index (χ1n) is 4.88. The second kappa shape index (κ2) is 6.90. The van der Waals surface area contributed by atoms with E-state index in [0.717, 1.165) is 6.42 Å². The SMILES string of the molecule is [C]1=CCCCC=CCCCC=C1. The van der Waals surface area contributed by atoms with Crippen LogP contribution in [-0.4, -0.2) is 0 Å². The van der Waals surface area contributed by atoms with Gasteiger partial charge in [-0.3, -0.25) is 0 Å². The van der Waals surface area contributed by atoms with Gasteiger partial charge in [-0.15, -0.1) is 0 Å². The van der Waals surface area contributed by atoms with Crippen molar-refractivity contribution >= 4 is 0 Å². The summed E-state index contributed by atoms with van der Waals surface area (Å²) < 4.78 is 0. The fourth-order valence-corrected chi connectivity index (χ4v) is 1.23. The molecule has 1 aliphatic carbocycles. The first kappa shape index (κ1) is 9.31. The van der Waals surface area contributed by atoms with Gasteiger partial charge in [0.05, 0.1) is 0 Å². The molecule has 12 heavy (non-hydrogen) atoms. The maximum atomic E-state index is 3.17. The molecule has 1 rings (SSSR count). The third-order valence-corrected chi connectivity index (χ3v) is 1.96. The van der Waals surface area contributed by atoms with E-state index in [1.807, 2.05) is 6.08 Å². The molecule has 0 fully saturated rings. The topological polar surface area (TPSA) is 0 Å². The first-order valence-corrected chi connectivity index (χ1v) is 4.88. The Balaban J connectivity index is 2.30. The molecule has 1 radical (unpaired) electrons. The fourth-order valence-electron chi connectivity index (χ4n) is 1.23. The van der Waals surface area contributed by atoms with Crippen molar-refractivity contribution in [2.45, 2.75) is 38.5 Å². The van der Waals surface area contributed by atoms with Crippen molar-refractivity contribution in [1.82, 2.24) is 0 Å². The van der Waals surface area contributed by atoms with Crippen LogP contribution in [0.15, 0.2) is 30.4 Å². The van der Waals surface area contributed by atoms with Crippen LogP contribution in [0.25, 0.3) is 0 Å². The minimum absolute atomic E-state index is 1.16. The summed E-state index contributed by atoms with van der Waals surface area (Å²) in [5.74, 6) is 0. The molecule has 0 spiro atoms. The van der Waals surface area contributed by atoms with E-state index < -0.39 is 0 Å². The Hall–Kier alpha value is -0.780. The van der Waals surface area contributed by atoms with Crippen molar-refractivity contribution < 1.29 is 0 Å². The van der Waals surface area contributed by atoms with E-state index in [0.29, 0.717) is 0 Å². The summed E-state index contributed by atoms with van der Waals surface area (Å²) in [5, 5.41) is 0. The predicted octanol–water partition coefficient (Wildman–Crippen LogP) is 3.81. The number of rotatable bonds is 0. The van der Waals surface area contributed by atoms with Crippen molar-refractivity contribution in [3.63, 3.8) is 0 Å². The lowest BCUT2D eigenvalue weighted by Gasteiger charge is -1.93. The molecule has 0 nitrogen and oxygen atoms in total. The second-order valence-electron chi connectivity index (χ2n) is 3.11. The highest BCUT2D eigenvalue weighted by Crippen LogP contribution is 2.03. The van der Waals surface area contributed by atoms with Gasteiger partial charge in [-0.05, 0) is 44.6 Å². The standard InChI is InChI=1S/C12H17/c1-2-4-6-8-10-12-11-9-7-5-3-1/h1-2,9-11H,3-8H2. The maximum Gasteiger partial charge on any atom is -0.0230 e. The molecule has 0 aliphatic heterocycles. The molecule has 0 heteroatoms. The monoisotopic (exact) mass is 161 g/mol. The lowest BCUT2D eigenvalue weighted by Crippen LogP contribution is -1.73. The molecule has 0 saturated heterocycles. The van der Waals surface area contributed by atoms with Gasteiger partial charge in [0.1, 0.15) is 0 Å². The van der Waals surface area contributed by atoms with Crippen LogP contribution in [0.5, 0.6) is 0 Å². The normalized spacial score (nSPS) is 20.0. The Labute approximate surface area is 75.7 Å². The van der Waals surface area contributed by atoms with Crippen LogP contribution in [0.4, 0.5) is 0 Å². The summed E-state index contributed by atoms with van der Waals surface area (Å²) in [6, 6.07) is 0. The summed E-state index contributed by atoms with van der Waals surface area (Å²) in [4.78, 5) is 0. The Morgan fingerprint density at radius 2 is 1.42 bits per heavy atom. The molecule has 0 saturated carbocycles. The Kier molecular flexibility index (Phi) is 5.35. The van der Waals surface area contributed by atoms with Crippen molar-refractivity contribution in [3.05, 3.63) is 36.5 Å². The zero-order chi connectivity index (χ0) is 8.49. The largest absolute Gasteiger partial charge is 0.0885 e. The summed E-state index contributed by atoms with van der Waals surface area (Å²) in [6.45, 7) is 0. The van der Waals surface area contributed by atoms with Gasteiger partial charge in [0, 0.05) is 0 Å². The molecule has 0 unspecified atom stereocenters. The number of allylic oxidation sites excluding steroid dienone is 6. The average molecular weight is 161 g/mol. The molecule has 0 amide bonds. The summed E-state index contributed by atoms with van der Waals surface area (Å²) >= 11 is 0. The van der Waals surface area contributed by atoms with E-state index in [4.69, 9.17) is 0 Å². The van der Waals surface area contributed by atoms with Gasteiger partial charge < -0.3 is 0 Å². The minimum Gasteiger partial charge on any atom is -0.0885 e. The lowest BCUT2D eigenvalue weighted by atomic mass is 10.1. The molecule has 1 aliphatic rings. The zero-order valence-electron chi connectivity index (χ0n) is 7.63. The number of hydrogen-bond acceptors (Lipinski definition) is 0. The quantitative estimate of drug-likeness (QED) is 0.474. The Morgan fingerprint density at radius 3 is 2.25 bits per heavy atom. The van der Waals surface area contributed by atoms with E-state index in [1.165, 1.54) is 32.1 Å². The molecule has 0 heterocycles. The molecule has 0 bridgehead atoms. The van der Waals surface area contributed by atoms with Crippen LogP contribution in [0.3, 0.4) is 0 Å². The molecule has 65 valence electrons. The Morgan fingerprint density at radius 1 is 0.750 bits per heavy atom. The molecule has 0 atom stereocenters. The van der Waals surface area contributed by atoms with Gasteiger partial charge in [-0.25, -0.2) is 0 Å². The molecular weight excluding hydrogens is 144 g/mol. The van der Waals surface area contributed by atoms with Crippen LogP contribution in [0, 0.1) is 6.08 Å². The van der Waals surface area contributed by atoms with Gasteiger partial charge in [0.2, 0.25) is 0 Å². The van der Waals surface area contributed by atoms with Gasteiger partial charge in [-0.2, -0.15) is 0 Å². The fraction of sp³-hybridized carbons (Fsp3) is 0.500. The molecule has 0 N–H and O–H groups in total. The van der Waals surface area contributed by atoms with E-state index in [1.54, 1.807) is 0 Å². The highest BCUT2D eigenvalue weighted by molar-refractivity contribution is 4.96. The van der Waals surface area contributed by atoms with Crippen LogP contribution in [-0.2, 0) is 0 Å². The van der Waals surface area contributed by atoms with Crippen LogP contribution >= 0.6 is 0 Å². The molecular formula is C12H17. The van der Waals surface area contributed by atoms with Gasteiger partial charge in [0.25, 0.3) is 0 Å². The van der Waals surface area contributed by atoms with Crippen LogP contribution in [0.2, 0.25) is 0 Å². The van der Waals surface area contributed by atoms with Crippen LogP contribution < -0.4 is 0 Å². The number of hydrogen-bond donors (Lipinski definition) is 0. The minimum atomic E-state index is 1.16. The van der Waals surface area contributed by atoms with Crippen molar-refractivity contribution in [3.8, 4) is 0 Å². The van der Waals surface area contributed by atoms with Gasteiger partial charge >= 0.3 is 0 Å². The van der Waals surface area contributed by atoms with Crippen molar-refractivity contribution in [1.29, 1.82) is 0 Å². The first-order chi connectivity index (χ1) is 6.00. The van der Waals surface area contributed by atoms with Crippen molar-refractivity contribution in [2.75, 3.05) is 0 Å². The second-order valence-corrected chi connectivity index (χ2v) is 3.11. The molecule has 0 aromatic rings. The van der Waals surface area contributed by atoms with E-state index in [-0.39, 0.29) is 0 Å². The van der Waals surface area contributed by atoms with Crippen LogP contribution in [0.1, 0.15) is 38.5 Å². The maximum absolute atomic E-state index is 3.17. The molecule has 0 aromatic carbocycles. The highest BCUT2D eigenvalue weighted by Gasteiger charge is 1.83. The molecule has 0 aromatic heterocycles. The third kappa shape index (κ3) is 4.95. The summed E-state index contributed by atoms with van der Waals surface area (Å²) in [7, 11) is 0. The lowest BCUT2D eigenvalue weighted by molar-refractivity contribution is 0.837. The van der Waals surface area contributed by atoms with E-state index >= 15 is 0 Å². The summed E-state index contributed by atoms with van der Waals surface area (Å²) in [6.07, 6.45) is 21.5. The smallest absolute Gasteiger partial charge is 0.0230 e. The Bertz CT molecular complexity index is 152. The van der Waals surface area contributed by atoms with Crippen molar-refractivity contribution in [2.24, 2.45) is 0 Å².